The van der Waals surface area contributed by atoms with E-state index in [-0.39, 0.29) is 17.8 Å². The molecule has 2 aromatic rings. The number of carbonyl (C=O) groups excluding carboxylic acids is 1. The van der Waals surface area contributed by atoms with Gasteiger partial charge in [-0.05, 0) is 43.3 Å². The highest BCUT2D eigenvalue weighted by molar-refractivity contribution is 5.94. The Morgan fingerprint density at radius 3 is 2.48 bits per heavy atom. The van der Waals surface area contributed by atoms with Crippen LogP contribution >= 0.6 is 0 Å². The SMILES string of the molecule is Cc1ccc(OC2CCN(C(=O)c3ccc(F)cc3)CC2)cn1. The minimum atomic E-state index is -0.333. The van der Waals surface area contributed by atoms with Gasteiger partial charge in [0.05, 0.1) is 6.20 Å². The maximum atomic E-state index is 12.9. The summed E-state index contributed by atoms with van der Waals surface area (Å²) in [6, 6.07) is 9.51. The summed E-state index contributed by atoms with van der Waals surface area (Å²) in [5, 5.41) is 0. The second-order valence-corrected chi connectivity index (χ2v) is 5.75. The second kappa shape index (κ2) is 6.77. The highest BCUT2D eigenvalue weighted by Crippen LogP contribution is 2.20. The van der Waals surface area contributed by atoms with Crippen LogP contribution in [0.4, 0.5) is 4.39 Å². The summed E-state index contributed by atoms with van der Waals surface area (Å²) in [7, 11) is 0. The van der Waals surface area contributed by atoms with Gasteiger partial charge in [-0.15, -0.1) is 0 Å². The largest absolute Gasteiger partial charge is 0.489 e. The molecule has 1 fully saturated rings. The van der Waals surface area contributed by atoms with Crippen LogP contribution in [0.25, 0.3) is 0 Å². The number of ether oxygens (including phenoxy) is 1. The van der Waals surface area contributed by atoms with Crippen molar-refractivity contribution in [3.8, 4) is 5.75 Å². The van der Waals surface area contributed by atoms with Crippen molar-refractivity contribution in [3.05, 3.63) is 59.7 Å². The number of carbonyl (C=O) groups is 1. The van der Waals surface area contributed by atoms with E-state index >= 15 is 0 Å². The van der Waals surface area contributed by atoms with E-state index in [4.69, 9.17) is 4.74 Å². The van der Waals surface area contributed by atoms with Gasteiger partial charge in [-0.1, -0.05) is 0 Å². The summed E-state index contributed by atoms with van der Waals surface area (Å²) in [5.41, 5.74) is 1.48. The Bertz CT molecular complexity index is 662. The molecule has 5 heteroatoms. The summed E-state index contributed by atoms with van der Waals surface area (Å²) in [4.78, 5) is 18.4. The monoisotopic (exact) mass is 314 g/mol. The Morgan fingerprint density at radius 2 is 1.87 bits per heavy atom. The second-order valence-electron chi connectivity index (χ2n) is 5.75. The molecule has 0 aliphatic carbocycles. The summed E-state index contributed by atoms with van der Waals surface area (Å²) in [6.07, 6.45) is 3.38. The number of amides is 1. The molecule has 0 atom stereocenters. The number of hydrogen-bond acceptors (Lipinski definition) is 3. The molecule has 23 heavy (non-hydrogen) atoms. The molecule has 0 unspecified atom stereocenters. The van der Waals surface area contributed by atoms with Crippen molar-refractivity contribution < 1.29 is 13.9 Å². The van der Waals surface area contributed by atoms with Crippen LogP contribution in [0.15, 0.2) is 42.6 Å². The van der Waals surface area contributed by atoms with Gasteiger partial charge in [-0.25, -0.2) is 4.39 Å². The zero-order valence-electron chi connectivity index (χ0n) is 13.0. The van der Waals surface area contributed by atoms with Crippen molar-refractivity contribution in [1.82, 2.24) is 9.88 Å². The standard InChI is InChI=1S/C18H19FN2O2/c1-13-2-7-17(12-20-13)23-16-8-10-21(11-9-16)18(22)14-3-5-15(19)6-4-14/h2-7,12,16H,8-11H2,1H3. The topological polar surface area (TPSA) is 42.4 Å². The van der Waals surface area contributed by atoms with Gasteiger partial charge in [0.2, 0.25) is 0 Å². The summed E-state index contributed by atoms with van der Waals surface area (Å²) in [5.74, 6) is 0.375. The smallest absolute Gasteiger partial charge is 0.253 e. The van der Waals surface area contributed by atoms with Crippen LogP contribution in [0.2, 0.25) is 0 Å². The molecule has 2 heterocycles. The Balaban J connectivity index is 1.54. The molecular formula is C18H19FN2O2. The molecule has 1 aromatic carbocycles. The molecule has 1 aliphatic heterocycles. The third-order valence-corrected chi connectivity index (χ3v) is 4.01. The quantitative estimate of drug-likeness (QED) is 0.873. The van der Waals surface area contributed by atoms with Crippen molar-refractivity contribution in [2.75, 3.05) is 13.1 Å². The molecule has 3 rings (SSSR count). The van der Waals surface area contributed by atoms with E-state index in [0.717, 1.165) is 24.3 Å². The molecule has 0 spiro atoms. The first-order valence-electron chi connectivity index (χ1n) is 7.76. The Labute approximate surface area is 134 Å². The number of halogens is 1. The minimum Gasteiger partial charge on any atom is -0.489 e. The van der Waals surface area contributed by atoms with E-state index in [1.807, 2.05) is 19.1 Å². The van der Waals surface area contributed by atoms with E-state index in [1.54, 1.807) is 11.1 Å². The zero-order valence-corrected chi connectivity index (χ0v) is 13.0. The first-order chi connectivity index (χ1) is 11.1. The van der Waals surface area contributed by atoms with Gasteiger partial charge in [0.15, 0.2) is 0 Å². The number of hydrogen-bond donors (Lipinski definition) is 0. The third-order valence-electron chi connectivity index (χ3n) is 4.01. The number of aryl methyl sites for hydroxylation is 1. The van der Waals surface area contributed by atoms with Gasteiger partial charge in [-0.2, -0.15) is 0 Å². The minimum absolute atomic E-state index is 0.0551. The van der Waals surface area contributed by atoms with Crippen molar-refractivity contribution in [2.45, 2.75) is 25.9 Å². The molecule has 4 nitrogen and oxygen atoms in total. The van der Waals surface area contributed by atoms with Crippen molar-refractivity contribution >= 4 is 5.91 Å². The van der Waals surface area contributed by atoms with Crippen LogP contribution in [0, 0.1) is 12.7 Å². The number of nitrogens with zero attached hydrogens (tertiary/aromatic N) is 2. The van der Waals surface area contributed by atoms with Crippen LogP contribution in [0.1, 0.15) is 28.9 Å². The van der Waals surface area contributed by atoms with Crippen molar-refractivity contribution in [3.63, 3.8) is 0 Å². The van der Waals surface area contributed by atoms with Gasteiger partial charge in [-0.3, -0.25) is 9.78 Å². The molecule has 0 bridgehead atoms. The molecule has 1 amide bonds. The molecule has 0 N–H and O–H groups in total. The van der Waals surface area contributed by atoms with Gasteiger partial charge in [0.25, 0.3) is 5.91 Å². The van der Waals surface area contributed by atoms with Crippen LogP contribution in [0.5, 0.6) is 5.75 Å². The normalized spacial score (nSPS) is 15.5. The lowest BCUT2D eigenvalue weighted by atomic mass is 10.1. The average molecular weight is 314 g/mol. The van der Waals surface area contributed by atoms with Gasteiger partial charge in [0, 0.05) is 37.2 Å². The highest BCUT2D eigenvalue weighted by atomic mass is 19.1. The number of benzene rings is 1. The fraction of sp³-hybridized carbons (Fsp3) is 0.333. The average Bonchev–Trinajstić information content (AvgIpc) is 2.58. The molecule has 1 aromatic heterocycles. The lowest BCUT2D eigenvalue weighted by molar-refractivity contribution is 0.0595. The third kappa shape index (κ3) is 3.86. The van der Waals surface area contributed by atoms with Crippen LogP contribution in [0.3, 0.4) is 0 Å². The first-order valence-corrected chi connectivity index (χ1v) is 7.76. The van der Waals surface area contributed by atoms with Gasteiger partial charge in [0.1, 0.15) is 17.7 Å². The van der Waals surface area contributed by atoms with Gasteiger partial charge >= 0.3 is 0 Å². The van der Waals surface area contributed by atoms with E-state index in [1.165, 1.54) is 24.3 Å². The Morgan fingerprint density at radius 1 is 1.17 bits per heavy atom. The maximum absolute atomic E-state index is 12.9. The number of rotatable bonds is 3. The fourth-order valence-electron chi connectivity index (χ4n) is 2.67. The first kappa shape index (κ1) is 15.5. The van der Waals surface area contributed by atoms with E-state index < -0.39 is 0 Å². The maximum Gasteiger partial charge on any atom is 0.253 e. The predicted molar refractivity (Wildman–Crippen MR) is 84.9 cm³/mol. The van der Waals surface area contributed by atoms with E-state index in [9.17, 15) is 9.18 Å². The van der Waals surface area contributed by atoms with Crippen LogP contribution in [-0.4, -0.2) is 35.0 Å². The predicted octanol–water partition coefficient (Wildman–Crippen LogP) is 3.21. The summed E-state index contributed by atoms with van der Waals surface area (Å²) < 4.78 is 18.8. The molecule has 120 valence electrons. The molecule has 0 radical (unpaired) electrons. The summed E-state index contributed by atoms with van der Waals surface area (Å²) in [6.45, 7) is 3.21. The van der Waals surface area contributed by atoms with Crippen molar-refractivity contribution in [2.24, 2.45) is 0 Å². The molecule has 1 aliphatic rings. The van der Waals surface area contributed by atoms with E-state index in [0.29, 0.717) is 18.7 Å². The Kier molecular flexibility index (Phi) is 4.55. The number of likely N-dealkylation sites (tertiary alicyclic amines) is 1. The van der Waals surface area contributed by atoms with Gasteiger partial charge < -0.3 is 9.64 Å². The number of piperidine rings is 1. The zero-order chi connectivity index (χ0) is 16.2. The summed E-state index contributed by atoms with van der Waals surface area (Å²) >= 11 is 0. The van der Waals surface area contributed by atoms with E-state index in [2.05, 4.69) is 4.98 Å². The number of aromatic nitrogens is 1. The van der Waals surface area contributed by atoms with Crippen molar-refractivity contribution in [1.29, 1.82) is 0 Å². The lowest BCUT2D eigenvalue weighted by Crippen LogP contribution is -2.41. The van der Waals surface area contributed by atoms with Crippen LogP contribution in [-0.2, 0) is 0 Å². The fourth-order valence-corrected chi connectivity index (χ4v) is 2.67. The van der Waals surface area contributed by atoms with Crippen LogP contribution < -0.4 is 4.74 Å². The molecule has 1 saturated heterocycles. The lowest BCUT2D eigenvalue weighted by Gasteiger charge is -2.32. The molecular weight excluding hydrogens is 295 g/mol. The molecule has 0 saturated carbocycles. The Hall–Kier alpha value is -2.43. The highest BCUT2D eigenvalue weighted by Gasteiger charge is 2.24. The number of pyridine rings is 1.